The zero-order chi connectivity index (χ0) is 28.6. The number of carbonyl (C=O) groups excluding carboxylic acids is 1. The van der Waals surface area contributed by atoms with Crippen LogP contribution < -0.4 is 15.5 Å². The highest BCUT2D eigenvalue weighted by molar-refractivity contribution is 9.10. The van der Waals surface area contributed by atoms with E-state index in [1.165, 1.54) is 11.3 Å². The van der Waals surface area contributed by atoms with Gasteiger partial charge in [0.05, 0.1) is 28.0 Å². The van der Waals surface area contributed by atoms with Crippen molar-refractivity contribution in [2.75, 3.05) is 5.32 Å². The van der Waals surface area contributed by atoms with Crippen molar-refractivity contribution in [2.45, 2.75) is 6.61 Å². The number of hydrogen-bond donors (Lipinski definition) is 2. The molecule has 1 aromatic heterocycles. The maximum absolute atomic E-state index is 12.6. The number of rotatable bonds is 9. The Morgan fingerprint density at radius 3 is 2.61 bits per heavy atom. The minimum atomic E-state index is -0.327. The van der Waals surface area contributed by atoms with Gasteiger partial charge in [0.25, 0.3) is 5.91 Å². The van der Waals surface area contributed by atoms with Gasteiger partial charge in [0, 0.05) is 32.8 Å². The first kappa shape index (κ1) is 28.1. The highest BCUT2D eigenvalue weighted by Gasteiger charge is 2.09. The molecular weight excluding hydrogens is 622 g/mol. The third kappa shape index (κ3) is 7.38. The summed E-state index contributed by atoms with van der Waals surface area (Å²) in [5.41, 5.74) is 7.80. The topological polar surface area (TPSA) is 99.4 Å². The lowest BCUT2D eigenvalue weighted by molar-refractivity contribution is 0.0955. The molecule has 0 radical (unpaired) electrons. The summed E-state index contributed by atoms with van der Waals surface area (Å²) in [6.07, 6.45) is 1.55. The Balaban J connectivity index is 1.15. The van der Waals surface area contributed by atoms with Crippen LogP contribution in [0.15, 0.2) is 106 Å². The Bertz CT molecular complexity index is 1750. The Morgan fingerprint density at radius 1 is 1.07 bits per heavy atom. The normalized spacial score (nSPS) is 10.8. The molecule has 5 rings (SSSR count). The molecule has 1 heterocycles. The molecule has 0 aliphatic heterocycles. The van der Waals surface area contributed by atoms with E-state index in [0.29, 0.717) is 21.9 Å². The fourth-order valence-electron chi connectivity index (χ4n) is 3.77. The molecule has 7 nitrogen and oxygen atoms in total. The van der Waals surface area contributed by atoms with Crippen molar-refractivity contribution in [1.82, 2.24) is 10.4 Å². The Kier molecular flexibility index (Phi) is 9.06. The molecule has 0 spiro atoms. The lowest BCUT2D eigenvalue weighted by atomic mass is 10.1. The second-order valence-corrected chi connectivity index (χ2v) is 10.8. The number of nitrogens with one attached hydrogen (secondary N) is 2. The Hall–Kier alpha value is -4.49. The van der Waals surface area contributed by atoms with E-state index in [1.54, 1.807) is 30.5 Å². The van der Waals surface area contributed by atoms with Gasteiger partial charge in [-0.25, -0.2) is 10.4 Å². The number of anilines is 2. The largest absolute Gasteiger partial charge is 0.488 e. The molecule has 0 saturated heterocycles. The van der Waals surface area contributed by atoms with Crippen LogP contribution in [0, 0.1) is 11.3 Å². The molecule has 0 atom stereocenters. The molecule has 202 valence electrons. The zero-order valence-corrected chi connectivity index (χ0v) is 24.5. The number of nitriles is 1. The van der Waals surface area contributed by atoms with Gasteiger partial charge in [0.15, 0.2) is 5.13 Å². The summed E-state index contributed by atoms with van der Waals surface area (Å²) in [6.45, 7) is 0.272. The van der Waals surface area contributed by atoms with Crippen LogP contribution in [0.3, 0.4) is 0 Å². The Labute approximate surface area is 254 Å². The summed E-state index contributed by atoms with van der Waals surface area (Å²) in [6, 6.07) is 29.5. The quantitative estimate of drug-likeness (QED) is 0.125. The van der Waals surface area contributed by atoms with Crippen LogP contribution >= 0.6 is 38.9 Å². The zero-order valence-electron chi connectivity index (χ0n) is 21.3. The predicted molar refractivity (Wildman–Crippen MR) is 167 cm³/mol. The standard InChI is InChI=1S/C31H21BrClN5O2S/c32-27-15-20(5-14-29(27)40-18-24-4-2-1-3-23(24)16-34)17-35-38-30(39)22-8-6-21(7-9-22)28-19-41-31(37-28)36-26-12-10-25(33)11-13-26/h1-15,17,19H,18H2,(H,36,37)(H,38,39)/b35-17-. The Morgan fingerprint density at radius 2 is 1.85 bits per heavy atom. The molecule has 0 bridgehead atoms. The lowest BCUT2D eigenvalue weighted by Gasteiger charge is -2.10. The number of hydrazone groups is 1. The number of halogens is 2. The number of amides is 1. The van der Waals surface area contributed by atoms with E-state index in [-0.39, 0.29) is 12.5 Å². The van der Waals surface area contributed by atoms with Crippen LogP contribution in [0.25, 0.3) is 11.3 Å². The second-order valence-electron chi connectivity index (χ2n) is 8.69. The summed E-state index contributed by atoms with van der Waals surface area (Å²) in [5, 5.41) is 20.0. The van der Waals surface area contributed by atoms with Crippen molar-refractivity contribution in [2.24, 2.45) is 5.10 Å². The molecule has 10 heteroatoms. The molecule has 2 N–H and O–H groups in total. The van der Waals surface area contributed by atoms with Crippen LogP contribution in [-0.2, 0) is 6.61 Å². The molecule has 0 fully saturated rings. The van der Waals surface area contributed by atoms with Crippen LogP contribution in [0.2, 0.25) is 5.02 Å². The number of ether oxygens (including phenoxy) is 1. The minimum absolute atomic E-state index is 0.272. The smallest absolute Gasteiger partial charge is 0.271 e. The maximum Gasteiger partial charge on any atom is 0.271 e. The highest BCUT2D eigenvalue weighted by atomic mass is 79.9. The van der Waals surface area contributed by atoms with Crippen molar-refractivity contribution in [3.63, 3.8) is 0 Å². The number of carbonyl (C=O) groups is 1. The summed E-state index contributed by atoms with van der Waals surface area (Å²) >= 11 is 10.9. The van der Waals surface area contributed by atoms with Gasteiger partial charge in [-0.1, -0.05) is 41.9 Å². The number of thiazole rings is 1. The highest BCUT2D eigenvalue weighted by Crippen LogP contribution is 2.28. The fraction of sp³-hybridized carbons (Fsp3) is 0.0323. The van der Waals surface area contributed by atoms with E-state index in [9.17, 15) is 10.1 Å². The van der Waals surface area contributed by atoms with Gasteiger partial charge in [-0.3, -0.25) is 4.79 Å². The maximum atomic E-state index is 12.6. The van der Waals surface area contributed by atoms with Gasteiger partial charge in [0.1, 0.15) is 12.4 Å². The van der Waals surface area contributed by atoms with Crippen molar-refractivity contribution in [3.8, 4) is 23.1 Å². The average molecular weight is 643 g/mol. The number of nitrogens with zero attached hydrogens (tertiary/aromatic N) is 3. The van der Waals surface area contributed by atoms with Crippen molar-refractivity contribution in [1.29, 1.82) is 5.26 Å². The van der Waals surface area contributed by atoms with Gasteiger partial charge in [-0.05, 0) is 82.2 Å². The molecule has 41 heavy (non-hydrogen) atoms. The molecule has 5 aromatic rings. The monoisotopic (exact) mass is 641 g/mol. The van der Waals surface area contributed by atoms with Crippen LogP contribution in [0.1, 0.15) is 27.0 Å². The van der Waals surface area contributed by atoms with Gasteiger partial charge in [-0.2, -0.15) is 10.4 Å². The molecule has 0 unspecified atom stereocenters. The third-order valence-corrected chi connectivity index (χ3v) is 7.53. The van der Waals surface area contributed by atoms with E-state index >= 15 is 0 Å². The third-order valence-electron chi connectivity index (χ3n) is 5.90. The summed E-state index contributed by atoms with van der Waals surface area (Å²) in [7, 11) is 0. The summed E-state index contributed by atoms with van der Waals surface area (Å²) in [5.74, 6) is 0.304. The minimum Gasteiger partial charge on any atom is -0.488 e. The van der Waals surface area contributed by atoms with E-state index < -0.39 is 0 Å². The van der Waals surface area contributed by atoms with Crippen LogP contribution in [0.4, 0.5) is 10.8 Å². The number of hydrogen-bond acceptors (Lipinski definition) is 7. The first-order valence-electron chi connectivity index (χ1n) is 12.3. The second kappa shape index (κ2) is 13.2. The number of aromatic nitrogens is 1. The average Bonchev–Trinajstić information content (AvgIpc) is 3.46. The molecule has 4 aromatic carbocycles. The molecular formula is C31H21BrClN5O2S. The van der Waals surface area contributed by atoms with Crippen molar-refractivity contribution >= 4 is 61.8 Å². The van der Waals surface area contributed by atoms with E-state index in [4.69, 9.17) is 16.3 Å². The van der Waals surface area contributed by atoms with Gasteiger partial charge < -0.3 is 10.1 Å². The molecule has 1 amide bonds. The SMILES string of the molecule is N#Cc1ccccc1COc1ccc(/C=N\NC(=O)c2ccc(-c3csc(Nc4ccc(Cl)cc4)n3)cc2)cc1Br. The molecule has 0 saturated carbocycles. The van der Waals surface area contributed by atoms with Crippen molar-refractivity contribution < 1.29 is 9.53 Å². The summed E-state index contributed by atoms with van der Waals surface area (Å²) < 4.78 is 6.60. The molecule has 0 aliphatic carbocycles. The van der Waals surface area contributed by atoms with E-state index in [2.05, 4.69) is 42.8 Å². The molecule has 0 aliphatic rings. The first-order valence-corrected chi connectivity index (χ1v) is 14.4. The van der Waals surface area contributed by atoms with Gasteiger partial charge in [-0.15, -0.1) is 11.3 Å². The van der Waals surface area contributed by atoms with Crippen LogP contribution in [0.5, 0.6) is 5.75 Å². The summed E-state index contributed by atoms with van der Waals surface area (Å²) in [4.78, 5) is 17.2. The predicted octanol–water partition coefficient (Wildman–Crippen LogP) is 8.18. The van der Waals surface area contributed by atoms with Crippen molar-refractivity contribution in [3.05, 3.63) is 128 Å². The van der Waals surface area contributed by atoms with Gasteiger partial charge in [0.2, 0.25) is 0 Å². The van der Waals surface area contributed by atoms with E-state index in [0.717, 1.165) is 37.7 Å². The fourth-order valence-corrected chi connectivity index (χ4v) is 5.14. The number of benzene rings is 4. The van der Waals surface area contributed by atoms with E-state index in [1.807, 2.05) is 72.1 Å². The van der Waals surface area contributed by atoms with Gasteiger partial charge >= 0.3 is 0 Å². The lowest BCUT2D eigenvalue weighted by Crippen LogP contribution is -2.17. The van der Waals surface area contributed by atoms with Crippen LogP contribution in [-0.4, -0.2) is 17.1 Å². The first-order chi connectivity index (χ1) is 20.0.